The third-order valence-corrected chi connectivity index (χ3v) is 5.02. The van der Waals surface area contributed by atoms with Gasteiger partial charge in [-0.05, 0) is 63.5 Å². The van der Waals surface area contributed by atoms with Gasteiger partial charge in [0.25, 0.3) is 0 Å². The van der Waals surface area contributed by atoms with Gasteiger partial charge in [0.2, 0.25) is 0 Å². The molecule has 1 heterocycles. The Morgan fingerprint density at radius 2 is 1.62 bits per heavy atom. The maximum Gasteiger partial charge on any atom is 0.0603 e. The van der Waals surface area contributed by atoms with Crippen LogP contribution in [0.4, 0.5) is 0 Å². The monoisotopic (exact) mass is 296 g/mol. The number of likely N-dealkylation sites (tertiary alicyclic amines) is 1. The van der Waals surface area contributed by atoms with E-state index in [0.717, 1.165) is 18.4 Å². The minimum absolute atomic E-state index is 0.531. The van der Waals surface area contributed by atoms with Crippen LogP contribution in [0.25, 0.3) is 0 Å². The minimum atomic E-state index is 0.531. The number of rotatable bonds is 7. The molecular weight excluding hydrogens is 260 g/mol. The molecule has 0 aromatic heterocycles. The zero-order valence-electron chi connectivity index (χ0n) is 14.4. The van der Waals surface area contributed by atoms with E-state index in [1.165, 1.54) is 64.7 Å². The quantitative estimate of drug-likeness (QED) is 0.780. The number of hydrogen-bond donors (Lipinski definition) is 1. The average molecular weight is 296 g/mol. The van der Waals surface area contributed by atoms with Crippen LogP contribution in [-0.4, -0.2) is 49.8 Å². The highest BCUT2D eigenvalue weighted by Gasteiger charge is 2.26. The molecule has 1 saturated carbocycles. The third-order valence-electron chi connectivity index (χ3n) is 5.02. The lowest BCUT2D eigenvalue weighted by atomic mass is 9.87. The van der Waals surface area contributed by atoms with Gasteiger partial charge >= 0.3 is 0 Å². The first kappa shape index (κ1) is 17.2. The molecule has 0 bridgehead atoms. The summed E-state index contributed by atoms with van der Waals surface area (Å²) >= 11 is 0. The molecule has 0 unspecified atom stereocenters. The van der Waals surface area contributed by atoms with Gasteiger partial charge in [-0.25, -0.2) is 0 Å². The van der Waals surface area contributed by atoms with Gasteiger partial charge < -0.3 is 15.0 Å². The molecular formula is C18H36N2O. The summed E-state index contributed by atoms with van der Waals surface area (Å²) < 4.78 is 6.39. The molecule has 1 saturated heterocycles. The molecule has 21 heavy (non-hydrogen) atoms. The van der Waals surface area contributed by atoms with Crippen molar-refractivity contribution < 1.29 is 4.74 Å². The fraction of sp³-hybridized carbons (Fsp3) is 1.00. The first-order chi connectivity index (χ1) is 10.2. The maximum atomic E-state index is 6.39. The van der Waals surface area contributed by atoms with Crippen molar-refractivity contribution in [2.45, 2.75) is 71.5 Å². The van der Waals surface area contributed by atoms with Crippen LogP contribution < -0.4 is 5.32 Å². The van der Waals surface area contributed by atoms with Gasteiger partial charge in [-0.3, -0.25) is 0 Å². The van der Waals surface area contributed by atoms with Crippen molar-refractivity contribution in [1.29, 1.82) is 0 Å². The Morgan fingerprint density at radius 3 is 2.19 bits per heavy atom. The first-order valence-electron chi connectivity index (χ1n) is 9.25. The van der Waals surface area contributed by atoms with Crippen molar-refractivity contribution in [1.82, 2.24) is 10.2 Å². The fourth-order valence-electron chi connectivity index (χ4n) is 3.84. The maximum absolute atomic E-state index is 6.39. The Morgan fingerprint density at radius 1 is 1.00 bits per heavy atom. The van der Waals surface area contributed by atoms with Crippen molar-refractivity contribution in [2.75, 3.05) is 32.7 Å². The van der Waals surface area contributed by atoms with Crippen LogP contribution in [0.3, 0.4) is 0 Å². The largest absolute Gasteiger partial charge is 0.375 e. The Balaban J connectivity index is 1.59. The second-order valence-electron chi connectivity index (χ2n) is 7.48. The van der Waals surface area contributed by atoms with E-state index < -0.39 is 0 Å². The summed E-state index contributed by atoms with van der Waals surface area (Å²) in [5.74, 6) is 1.67. The van der Waals surface area contributed by atoms with Crippen molar-refractivity contribution >= 4 is 0 Å². The van der Waals surface area contributed by atoms with Crippen LogP contribution in [0, 0.1) is 11.8 Å². The Hall–Kier alpha value is -0.120. The van der Waals surface area contributed by atoms with Gasteiger partial charge in [-0.15, -0.1) is 0 Å². The molecule has 1 aliphatic heterocycles. The summed E-state index contributed by atoms with van der Waals surface area (Å²) in [7, 11) is 0. The van der Waals surface area contributed by atoms with Gasteiger partial charge in [0, 0.05) is 19.6 Å². The normalized spacial score (nSPS) is 29.1. The van der Waals surface area contributed by atoms with Crippen molar-refractivity contribution in [3.8, 4) is 0 Å². The van der Waals surface area contributed by atoms with Crippen molar-refractivity contribution in [2.24, 2.45) is 11.8 Å². The van der Waals surface area contributed by atoms with Crippen LogP contribution >= 0.6 is 0 Å². The lowest BCUT2D eigenvalue weighted by molar-refractivity contribution is -0.0614. The smallest absolute Gasteiger partial charge is 0.0603 e. The van der Waals surface area contributed by atoms with E-state index in [9.17, 15) is 0 Å². The van der Waals surface area contributed by atoms with E-state index >= 15 is 0 Å². The summed E-state index contributed by atoms with van der Waals surface area (Å²) in [4.78, 5) is 2.61. The van der Waals surface area contributed by atoms with E-state index in [0.29, 0.717) is 12.2 Å². The highest BCUT2D eigenvalue weighted by Crippen LogP contribution is 2.28. The van der Waals surface area contributed by atoms with Crippen LogP contribution in [0.2, 0.25) is 0 Å². The van der Waals surface area contributed by atoms with Crippen LogP contribution in [0.1, 0.15) is 59.3 Å². The van der Waals surface area contributed by atoms with Gasteiger partial charge in [0.05, 0.1) is 12.2 Å². The SMILES string of the molecule is CCNCC1CCC(OC2CCN(CC(C)C)CC2)CC1. The first-order valence-corrected chi connectivity index (χ1v) is 9.25. The zero-order valence-corrected chi connectivity index (χ0v) is 14.4. The van der Waals surface area contributed by atoms with Crippen LogP contribution in [0.5, 0.6) is 0 Å². The summed E-state index contributed by atoms with van der Waals surface area (Å²) in [5, 5.41) is 3.49. The number of ether oxygens (including phenoxy) is 1. The molecule has 1 N–H and O–H groups in total. The number of piperidine rings is 1. The molecule has 0 amide bonds. The zero-order chi connectivity index (χ0) is 15.1. The van der Waals surface area contributed by atoms with E-state index in [1.807, 2.05) is 0 Å². The lowest BCUT2D eigenvalue weighted by Gasteiger charge is -2.36. The summed E-state index contributed by atoms with van der Waals surface area (Å²) in [5.41, 5.74) is 0. The Labute approximate surface area is 131 Å². The molecule has 3 heteroatoms. The standard InChI is InChI=1S/C18H36N2O/c1-4-19-13-16-5-7-17(8-6-16)21-18-9-11-20(12-10-18)14-15(2)3/h15-19H,4-14H2,1-3H3. The molecule has 0 aromatic carbocycles. The van der Waals surface area contributed by atoms with E-state index in [1.54, 1.807) is 0 Å². The topological polar surface area (TPSA) is 24.5 Å². The highest BCUT2D eigenvalue weighted by atomic mass is 16.5. The number of nitrogens with one attached hydrogen (secondary N) is 1. The molecule has 0 aromatic rings. The molecule has 1 aliphatic carbocycles. The van der Waals surface area contributed by atoms with E-state index in [4.69, 9.17) is 4.74 Å². The predicted molar refractivity (Wildman–Crippen MR) is 89.7 cm³/mol. The third kappa shape index (κ3) is 6.25. The second-order valence-corrected chi connectivity index (χ2v) is 7.48. The van der Waals surface area contributed by atoms with Gasteiger partial charge in [-0.1, -0.05) is 20.8 Å². The van der Waals surface area contributed by atoms with Gasteiger partial charge in [0.1, 0.15) is 0 Å². The lowest BCUT2D eigenvalue weighted by Crippen LogP contribution is -2.40. The van der Waals surface area contributed by atoms with Gasteiger partial charge in [0.15, 0.2) is 0 Å². The van der Waals surface area contributed by atoms with Crippen LogP contribution in [-0.2, 0) is 4.74 Å². The molecule has 3 nitrogen and oxygen atoms in total. The molecule has 0 spiro atoms. The molecule has 2 aliphatic rings. The van der Waals surface area contributed by atoms with Crippen LogP contribution in [0.15, 0.2) is 0 Å². The van der Waals surface area contributed by atoms with E-state index in [-0.39, 0.29) is 0 Å². The summed E-state index contributed by atoms with van der Waals surface area (Å²) in [6, 6.07) is 0. The predicted octanol–water partition coefficient (Wildman–Crippen LogP) is 3.29. The molecule has 0 atom stereocenters. The molecule has 124 valence electrons. The highest BCUT2D eigenvalue weighted by molar-refractivity contribution is 4.78. The number of nitrogens with zero attached hydrogens (tertiary/aromatic N) is 1. The average Bonchev–Trinajstić information content (AvgIpc) is 2.48. The second kappa shape index (κ2) is 9.12. The molecule has 2 rings (SSSR count). The molecule has 2 fully saturated rings. The van der Waals surface area contributed by atoms with Gasteiger partial charge in [-0.2, -0.15) is 0 Å². The fourth-order valence-corrected chi connectivity index (χ4v) is 3.84. The summed E-state index contributed by atoms with van der Waals surface area (Å²) in [6.07, 6.45) is 8.82. The Kier molecular flexibility index (Phi) is 7.48. The van der Waals surface area contributed by atoms with Crippen molar-refractivity contribution in [3.63, 3.8) is 0 Å². The molecule has 0 radical (unpaired) electrons. The summed E-state index contributed by atoms with van der Waals surface area (Å²) in [6.45, 7) is 12.9. The Bertz CT molecular complexity index is 266. The minimum Gasteiger partial charge on any atom is -0.375 e. The number of hydrogen-bond acceptors (Lipinski definition) is 3. The van der Waals surface area contributed by atoms with Crippen molar-refractivity contribution in [3.05, 3.63) is 0 Å². The van der Waals surface area contributed by atoms with E-state index in [2.05, 4.69) is 31.0 Å².